The van der Waals surface area contributed by atoms with Gasteiger partial charge in [0.1, 0.15) is 18.2 Å². The highest BCUT2D eigenvalue weighted by Gasteiger charge is 2.67. The Labute approximate surface area is 204 Å². The van der Waals surface area contributed by atoms with E-state index in [1.807, 2.05) is 36.4 Å². The Morgan fingerprint density at radius 1 is 1.11 bits per heavy atom. The maximum Gasteiger partial charge on any atom is 0.407 e. The van der Waals surface area contributed by atoms with Crippen molar-refractivity contribution in [3.05, 3.63) is 59.7 Å². The molecule has 184 valence electrons. The van der Waals surface area contributed by atoms with Crippen LogP contribution in [-0.4, -0.2) is 65.9 Å². The number of carboxylic acid groups (broad SMARTS) is 1. The van der Waals surface area contributed by atoms with Gasteiger partial charge in [-0.15, -0.1) is 0 Å². The molecule has 35 heavy (non-hydrogen) atoms. The van der Waals surface area contributed by atoms with Gasteiger partial charge in [-0.25, -0.2) is 9.59 Å². The molecule has 2 amide bonds. The van der Waals surface area contributed by atoms with Gasteiger partial charge in [0.25, 0.3) is 0 Å². The number of likely N-dealkylation sites (tertiary alicyclic amines) is 1. The van der Waals surface area contributed by atoms with Crippen molar-refractivity contribution < 1.29 is 29.0 Å². The molecule has 1 heterocycles. The third kappa shape index (κ3) is 3.86. The van der Waals surface area contributed by atoms with Gasteiger partial charge in [-0.2, -0.15) is 0 Å². The fraction of sp³-hybridized carbons (Fsp3) is 0.444. The lowest BCUT2D eigenvalue weighted by atomic mass is 9.98. The van der Waals surface area contributed by atoms with Crippen LogP contribution in [0.2, 0.25) is 0 Å². The number of alkyl carbamates (subject to hydrolysis) is 1. The summed E-state index contributed by atoms with van der Waals surface area (Å²) < 4.78 is 11.0. The highest BCUT2D eigenvalue weighted by molar-refractivity contribution is 5.94. The second-order valence-electron chi connectivity index (χ2n) is 9.65. The number of amides is 2. The molecule has 1 aliphatic heterocycles. The lowest BCUT2D eigenvalue weighted by Gasteiger charge is -2.37. The zero-order valence-electron chi connectivity index (χ0n) is 19.9. The standard InChI is InChI=1S/C27H30N2O6/c1-16(34-2)23(24(30)29-13-7-8-17-14-27(17,29)25(31)32)28-26(33)35-15-22-20-11-5-3-9-18(20)19-10-4-6-12-21(19)22/h3-6,9-12,16-17,22-23H,7-8,13-15H2,1-2H3,(H,28,33)(H,31,32)/t16-,17+,23+,27-/m1/s1. The van der Waals surface area contributed by atoms with E-state index in [0.29, 0.717) is 13.0 Å². The summed E-state index contributed by atoms with van der Waals surface area (Å²) in [6.45, 7) is 2.14. The molecule has 0 aromatic heterocycles. The van der Waals surface area contributed by atoms with E-state index >= 15 is 0 Å². The van der Waals surface area contributed by atoms with Gasteiger partial charge in [0, 0.05) is 19.6 Å². The Bertz CT molecular complexity index is 1120. The Morgan fingerprint density at radius 3 is 2.34 bits per heavy atom. The molecule has 0 spiro atoms. The van der Waals surface area contributed by atoms with E-state index in [1.165, 1.54) is 12.0 Å². The molecule has 8 heteroatoms. The number of hydrogen-bond acceptors (Lipinski definition) is 5. The van der Waals surface area contributed by atoms with E-state index < -0.39 is 35.7 Å². The molecule has 8 nitrogen and oxygen atoms in total. The second-order valence-corrected chi connectivity index (χ2v) is 9.65. The molecular weight excluding hydrogens is 448 g/mol. The zero-order valence-corrected chi connectivity index (χ0v) is 19.9. The predicted octanol–water partition coefficient (Wildman–Crippen LogP) is 3.39. The Balaban J connectivity index is 1.30. The first-order valence-electron chi connectivity index (χ1n) is 12.1. The van der Waals surface area contributed by atoms with Gasteiger partial charge in [-0.1, -0.05) is 48.5 Å². The maximum atomic E-state index is 13.5. The van der Waals surface area contributed by atoms with Gasteiger partial charge >= 0.3 is 12.1 Å². The molecule has 2 aliphatic carbocycles. The van der Waals surface area contributed by atoms with Crippen molar-refractivity contribution in [1.82, 2.24) is 10.2 Å². The summed E-state index contributed by atoms with van der Waals surface area (Å²) in [5.41, 5.74) is 3.28. The minimum Gasteiger partial charge on any atom is -0.479 e. The Kier molecular flexibility index (Phi) is 6.01. The molecule has 2 N–H and O–H groups in total. The number of piperidine rings is 1. The molecule has 0 unspecified atom stereocenters. The quantitative estimate of drug-likeness (QED) is 0.632. The van der Waals surface area contributed by atoms with Crippen LogP contribution in [0.25, 0.3) is 11.1 Å². The smallest absolute Gasteiger partial charge is 0.407 e. The van der Waals surface area contributed by atoms with Crippen LogP contribution in [0, 0.1) is 5.92 Å². The number of carbonyl (C=O) groups is 3. The lowest BCUT2D eigenvalue weighted by molar-refractivity contribution is -0.156. The first kappa shape index (κ1) is 23.4. The average Bonchev–Trinajstić information content (AvgIpc) is 3.56. The minimum atomic E-state index is -1.16. The fourth-order valence-electron chi connectivity index (χ4n) is 5.82. The summed E-state index contributed by atoms with van der Waals surface area (Å²) in [7, 11) is 1.45. The molecule has 2 fully saturated rings. The van der Waals surface area contributed by atoms with Crippen molar-refractivity contribution >= 4 is 18.0 Å². The lowest BCUT2D eigenvalue weighted by Crippen LogP contribution is -2.60. The molecule has 4 atom stereocenters. The number of hydrogen-bond donors (Lipinski definition) is 2. The predicted molar refractivity (Wildman–Crippen MR) is 128 cm³/mol. The second kappa shape index (κ2) is 9.00. The van der Waals surface area contributed by atoms with Crippen molar-refractivity contribution in [2.75, 3.05) is 20.3 Å². The number of aliphatic carboxylic acids is 1. The van der Waals surface area contributed by atoms with Crippen molar-refractivity contribution in [1.29, 1.82) is 0 Å². The third-order valence-corrected chi connectivity index (χ3v) is 7.85. The molecule has 0 radical (unpaired) electrons. The summed E-state index contributed by atoms with van der Waals surface area (Å²) in [4.78, 5) is 39.8. The van der Waals surface area contributed by atoms with Crippen molar-refractivity contribution in [3.8, 4) is 11.1 Å². The van der Waals surface area contributed by atoms with Crippen LogP contribution in [0.1, 0.15) is 43.2 Å². The number of fused-ring (bicyclic) bond motifs is 4. The summed E-state index contributed by atoms with van der Waals surface area (Å²) in [5, 5.41) is 12.5. The van der Waals surface area contributed by atoms with Gasteiger partial charge in [0.05, 0.1) is 6.10 Å². The van der Waals surface area contributed by atoms with Gasteiger partial charge in [-0.3, -0.25) is 4.79 Å². The summed E-state index contributed by atoms with van der Waals surface area (Å²) in [6.07, 6.45) is 0.591. The molecule has 1 saturated heterocycles. The van der Waals surface area contributed by atoms with Crippen molar-refractivity contribution in [2.24, 2.45) is 5.92 Å². The van der Waals surface area contributed by atoms with Gasteiger partial charge in [-0.05, 0) is 54.4 Å². The molecular formula is C27H30N2O6. The highest BCUT2D eigenvalue weighted by Crippen LogP contribution is 2.54. The minimum absolute atomic E-state index is 0.0364. The fourth-order valence-corrected chi connectivity index (χ4v) is 5.82. The maximum absolute atomic E-state index is 13.5. The van der Waals surface area contributed by atoms with E-state index in [0.717, 1.165) is 35.1 Å². The van der Waals surface area contributed by atoms with Gasteiger partial charge < -0.3 is 24.8 Å². The molecule has 2 aromatic carbocycles. The normalized spacial score (nSPS) is 23.9. The van der Waals surface area contributed by atoms with Crippen LogP contribution in [-0.2, 0) is 19.1 Å². The Morgan fingerprint density at radius 2 is 1.74 bits per heavy atom. The number of carbonyl (C=O) groups excluding carboxylic acids is 2. The third-order valence-electron chi connectivity index (χ3n) is 7.85. The topological polar surface area (TPSA) is 105 Å². The van der Waals surface area contributed by atoms with Crippen LogP contribution in [0.15, 0.2) is 48.5 Å². The molecule has 0 bridgehead atoms. The summed E-state index contributed by atoms with van der Waals surface area (Å²) in [5.74, 6) is -1.57. The van der Waals surface area contributed by atoms with E-state index in [9.17, 15) is 19.5 Å². The number of carboxylic acids is 1. The number of benzene rings is 2. The van der Waals surface area contributed by atoms with Gasteiger partial charge in [0.2, 0.25) is 5.91 Å². The van der Waals surface area contributed by atoms with Crippen LogP contribution < -0.4 is 5.32 Å². The van der Waals surface area contributed by atoms with Crippen LogP contribution in [0.5, 0.6) is 0 Å². The molecule has 1 saturated carbocycles. The molecule has 5 rings (SSSR count). The van der Waals surface area contributed by atoms with Crippen LogP contribution in [0.4, 0.5) is 4.79 Å². The van der Waals surface area contributed by atoms with E-state index in [2.05, 4.69) is 17.4 Å². The number of nitrogens with zero attached hydrogens (tertiary/aromatic N) is 1. The number of ether oxygens (including phenoxy) is 2. The zero-order chi connectivity index (χ0) is 24.7. The summed E-state index contributed by atoms with van der Waals surface area (Å²) in [6, 6.07) is 15.1. The van der Waals surface area contributed by atoms with E-state index in [4.69, 9.17) is 9.47 Å². The van der Waals surface area contributed by atoms with Crippen LogP contribution in [0.3, 0.4) is 0 Å². The molecule has 2 aromatic rings. The average molecular weight is 479 g/mol. The van der Waals surface area contributed by atoms with Gasteiger partial charge in [0.15, 0.2) is 0 Å². The first-order valence-corrected chi connectivity index (χ1v) is 12.1. The largest absolute Gasteiger partial charge is 0.479 e. The van der Waals surface area contributed by atoms with Crippen molar-refractivity contribution in [2.45, 2.75) is 49.8 Å². The van der Waals surface area contributed by atoms with Crippen molar-refractivity contribution in [3.63, 3.8) is 0 Å². The van der Waals surface area contributed by atoms with E-state index in [-0.39, 0.29) is 18.4 Å². The highest BCUT2D eigenvalue weighted by atomic mass is 16.5. The van der Waals surface area contributed by atoms with E-state index in [1.54, 1.807) is 6.92 Å². The number of rotatable bonds is 7. The van der Waals surface area contributed by atoms with Crippen LogP contribution >= 0.6 is 0 Å². The first-order chi connectivity index (χ1) is 16.9. The Hall–Kier alpha value is -3.39. The SMILES string of the molecule is CO[C@H](C)[C@H](NC(=O)OCC1c2ccccc2-c2ccccc21)C(=O)N1CCC[C@H]2C[C@]21C(=O)O. The molecule has 3 aliphatic rings. The monoisotopic (exact) mass is 478 g/mol. The number of methoxy groups -OCH3 is 1. The summed E-state index contributed by atoms with van der Waals surface area (Å²) >= 11 is 0. The number of nitrogens with one attached hydrogen (secondary N) is 1.